The summed E-state index contributed by atoms with van der Waals surface area (Å²) < 4.78 is 55.4. The number of carboxylic acid groups (broad SMARTS) is 1. The zero-order valence-electron chi connectivity index (χ0n) is 18.7. The molecule has 0 spiro atoms. The predicted octanol–water partition coefficient (Wildman–Crippen LogP) is 2.98. The number of hydrogen-bond donors (Lipinski definition) is 4. The fourth-order valence-electron chi connectivity index (χ4n) is 4.52. The average Bonchev–Trinajstić information content (AvgIpc) is 3.41. The minimum Gasteiger partial charge on any atom is -0.478 e. The van der Waals surface area contributed by atoms with Gasteiger partial charge in [-0.3, -0.25) is 4.99 Å². The van der Waals surface area contributed by atoms with Crippen LogP contribution in [0.2, 0.25) is 5.02 Å². The van der Waals surface area contributed by atoms with Crippen molar-refractivity contribution in [1.29, 1.82) is 0 Å². The molecular weight excluding hydrogens is 538 g/mol. The Kier molecular flexibility index (Phi) is 8.05. The van der Waals surface area contributed by atoms with E-state index in [4.69, 9.17) is 16.7 Å². The molecule has 36 heavy (non-hydrogen) atoms. The number of sulfonamides is 1. The molecule has 1 aromatic carbocycles. The number of aliphatic imine (C=N–C) groups is 1. The molecule has 14 heteroatoms. The van der Waals surface area contributed by atoms with E-state index in [1.54, 1.807) is 11.6 Å². The number of carboxylic acids is 1. The summed E-state index contributed by atoms with van der Waals surface area (Å²) in [5, 5.41) is 23.1. The molecule has 9 nitrogen and oxygen atoms in total. The van der Waals surface area contributed by atoms with Crippen LogP contribution in [0.25, 0.3) is 0 Å². The molecule has 0 bridgehead atoms. The molecule has 2 aliphatic rings. The van der Waals surface area contributed by atoms with Crippen molar-refractivity contribution in [3.8, 4) is 0 Å². The fourth-order valence-corrected chi connectivity index (χ4v) is 6.86. The van der Waals surface area contributed by atoms with Crippen molar-refractivity contribution in [2.75, 3.05) is 13.2 Å². The van der Waals surface area contributed by atoms with Crippen LogP contribution < -0.4 is 10.0 Å². The van der Waals surface area contributed by atoms with Crippen LogP contribution in [0.1, 0.15) is 42.3 Å². The van der Waals surface area contributed by atoms with Crippen LogP contribution in [-0.4, -0.2) is 53.8 Å². The van der Waals surface area contributed by atoms with Gasteiger partial charge in [0.15, 0.2) is 22.5 Å². The van der Waals surface area contributed by atoms with Crippen LogP contribution >= 0.6 is 22.9 Å². The largest absolute Gasteiger partial charge is 0.478 e. The molecule has 1 unspecified atom stereocenters. The molecule has 0 saturated heterocycles. The van der Waals surface area contributed by atoms with E-state index in [-0.39, 0.29) is 48.9 Å². The summed E-state index contributed by atoms with van der Waals surface area (Å²) in [6, 6.07) is 0.829. The van der Waals surface area contributed by atoms with Crippen LogP contribution in [-0.2, 0) is 14.8 Å². The van der Waals surface area contributed by atoms with Gasteiger partial charge in [0, 0.05) is 29.4 Å². The number of nitrogens with one attached hydrogen (secondary N) is 2. The summed E-state index contributed by atoms with van der Waals surface area (Å²) in [7, 11) is -3.63. The third kappa shape index (κ3) is 5.30. The van der Waals surface area contributed by atoms with Crippen molar-refractivity contribution in [2.45, 2.75) is 37.0 Å². The molecule has 1 aliphatic heterocycles. The summed E-state index contributed by atoms with van der Waals surface area (Å²) in [5.41, 5.74) is 0.131. The van der Waals surface area contributed by atoms with Gasteiger partial charge in [0.1, 0.15) is 6.04 Å². The maximum absolute atomic E-state index is 14.3. The molecule has 2 heterocycles. The van der Waals surface area contributed by atoms with Gasteiger partial charge in [-0.2, -0.15) is 0 Å². The normalized spacial score (nSPS) is 22.8. The second kappa shape index (κ2) is 10.9. The quantitative estimate of drug-likeness (QED) is 0.364. The van der Waals surface area contributed by atoms with E-state index in [0.717, 1.165) is 6.07 Å². The number of allylic oxidation sites excluding steroid dienone is 1. The highest BCUT2D eigenvalue weighted by Gasteiger charge is 2.39. The van der Waals surface area contributed by atoms with E-state index in [1.165, 1.54) is 17.4 Å². The highest BCUT2D eigenvalue weighted by atomic mass is 35.5. The van der Waals surface area contributed by atoms with Crippen LogP contribution in [0.3, 0.4) is 0 Å². The SMILES string of the molecule is O=C(O)C1=C(C2CCC(S(=O)(=O)NCCO)CC2)NC(c2nccs2)=NC1c1ccc(F)c(F)c1Cl. The van der Waals surface area contributed by atoms with Crippen LogP contribution in [0.4, 0.5) is 8.78 Å². The van der Waals surface area contributed by atoms with E-state index in [2.05, 4.69) is 20.0 Å². The van der Waals surface area contributed by atoms with Crippen molar-refractivity contribution in [3.05, 3.63) is 62.2 Å². The summed E-state index contributed by atoms with van der Waals surface area (Å²) in [5.74, 6) is -3.89. The Morgan fingerprint density at radius 2 is 1.97 bits per heavy atom. The predicted molar refractivity (Wildman–Crippen MR) is 130 cm³/mol. The smallest absolute Gasteiger partial charge is 0.335 e. The number of aliphatic hydroxyl groups is 1. The molecule has 1 saturated carbocycles. The van der Waals surface area contributed by atoms with E-state index < -0.39 is 43.9 Å². The first-order valence-electron chi connectivity index (χ1n) is 11.1. The zero-order valence-corrected chi connectivity index (χ0v) is 21.1. The van der Waals surface area contributed by atoms with Crippen molar-refractivity contribution >= 4 is 44.8 Å². The number of aromatic nitrogens is 1. The Morgan fingerprint density at radius 3 is 2.58 bits per heavy atom. The lowest BCUT2D eigenvalue weighted by Gasteiger charge is -2.34. The van der Waals surface area contributed by atoms with Gasteiger partial charge in [0.2, 0.25) is 10.0 Å². The number of carbonyl (C=O) groups is 1. The molecule has 1 fully saturated rings. The van der Waals surface area contributed by atoms with Gasteiger partial charge in [0.05, 0.1) is 22.5 Å². The van der Waals surface area contributed by atoms with Gasteiger partial charge >= 0.3 is 5.97 Å². The minimum atomic E-state index is -3.63. The molecule has 0 radical (unpaired) electrons. The van der Waals surface area contributed by atoms with Gasteiger partial charge in [0.25, 0.3) is 0 Å². The highest BCUT2D eigenvalue weighted by molar-refractivity contribution is 7.90. The van der Waals surface area contributed by atoms with Crippen LogP contribution in [0.15, 0.2) is 40.0 Å². The number of rotatable bonds is 8. The van der Waals surface area contributed by atoms with Crippen LogP contribution in [0, 0.1) is 17.6 Å². The molecule has 0 amide bonds. The molecular formula is C22H23ClF2N4O5S2. The Balaban J connectivity index is 1.73. The van der Waals surface area contributed by atoms with Crippen molar-refractivity contribution in [1.82, 2.24) is 15.0 Å². The molecule has 4 N–H and O–H groups in total. The third-order valence-electron chi connectivity index (χ3n) is 6.24. The summed E-state index contributed by atoms with van der Waals surface area (Å²) in [4.78, 5) is 21.2. The molecule has 2 aromatic rings. The number of aliphatic carboxylic acids is 1. The van der Waals surface area contributed by atoms with Gasteiger partial charge < -0.3 is 15.5 Å². The van der Waals surface area contributed by atoms with Gasteiger partial charge in [-0.1, -0.05) is 17.7 Å². The number of hydrogen-bond acceptors (Lipinski definition) is 8. The Labute approximate surface area is 215 Å². The lowest BCUT2D eigenvalue weighted by molar-refractivity contribution is -0.133. The number of amidine groups is 1. The molecule has 1 aromatic heterocycles. The van der Waals surface area contributed by atoms with Gasteiger partial charge in [-0.15, -0.1) is 11.3 Å². The molecule has 1 atom stereocenters. The maximum atomic E-state index is 14.3. The van der Waals surface area contributed by atoms with Crippen LogP contribution in [0.5, 0.6) is 0 Å². The van der Waals surface area contributed by atoms with Crippen molar-refractivity contribution in [2.24, 2.45) is 10.9 Å². The van der Waals surface area contributed by atoms with Crippen molar-refractivity contribution < 1.29 is 32.2 Å². The zero-order chi connectivity index (χ0) is 26.0. The monoisotopic (exact) mass is 560 g/mol. The Morgan fingerprint density at radius 1 is 1.25 bits per heavy atom. The molecule has 1 aliphatic carbocycles. The summed E-state index contributed by atoms with van der Waals surface area (Å²) in [6.07, 6.45) is 2.79. The third-order valence-corrected chi connectivity index (χ3v) is 9.36. The highest BCUT2D eigenvalue weighted by Crippen LogP contribution is 2.42. The van der Waals surface area contributed by atoms with E-state index in [0.29, 0.717) is 23.5 Å². The minimum absolute atomic E-state index is 0.00881. The summed E-state index contributed by atoms with van der Waals surface area (Å²) >= 11 is 7.35. The number of aliphatic hydroxyl groups excluding tert-OH is 1. The van der Waals surface area contributed by atoms with Crippen molar-refractivity contribution in [3.63, 3.8) is 0 Å². The molecule has 194 valence electrons. The van der Waals surface area contributed by atoms with E-state index in [1.807, 2.05) is 0 Å². The fraction of sp³-hybridized carbons (Fsp3) is 0.409. The first-order chi connectivity index (χ1) is 17.1. The first kappa shape index (κ1) is 26.6. The average molecular weight is 561 g/mol. The maximum Gasteiger partial charge on any atom is 0.335 e. The van der Waals surface area contributed by atoms with E-state index >= 15 is 0 Å². The number of halogens is 3. The Hall–Kier alpha value is -2.45. The second-order valence-corrected chi connectivity index (χ2v) is 11.7. The van der Waals surface area contributed by atoms with E-state index in [9.17, 15) is 27.1 Å². The Bertz CT molecular complexity index is 1310. The topological polar surface area (TPSA) is 141 Å². The first-order valence-corrected chi connectivity index (χ1v) is 13.9. The van der Waals surface area contributed by atoms with Gasteiger partial charge in [-0.05, 0) is 37.7 Å². The lowest BCUT2D eigenvalue weighted by atomic mass is 9.82. The number of benzene rings is 1. The number of nitrogens with zero attached hydrogens (tertiary/aromatic N) is 2. The second-order valence-electron chi connectivity index (χ2n) is 8.38. The van der Waals surface area contributed by atoms with Gasteiger partial charge in [-0.25, -0.2) is 31.7 Å². The number of thiazole rings is 1. The standard InChI is InChI=1S/C22H23ClF2N4O5S2/c23-16-13(5-6-14(24)17(16)25)19-15(22(31)32)18(28-20(29-19)21-26-8-10-35-21)11-1-3-12(4-2-11)36(33,34)27-7-9-30/h5-6,8,10-12,19,27,30H,1-4,7,9H2,(H,28,29)(H,31,32). The molecule has 4 rings (SSSR count). The lowest BCUT2D eigenvalue weighted by Crippen LogP contribution is -2.41. The summed E-state index contributed by atoms with van der Waals surface area (Å²) in [6.45, 7) is -0.400.